The normalized spacial score (nSPS) is 10.3. The predicted molar refractivity (Wildman–Crippen MR) is 107 cm³/mol. The van der Waals surface area contributed by atoms with E-state index in [4.69, 9.17) is 4.74 Å². The smallest absolute Gasteiger partial charge is 0.251 e. The van der Waals surface area contributed by atoms with Crippen LogP contribution in [0.4, 0.5) is 0 Å². The van der Waals surface area contributed by atoms with Crippen LogP contribution in [0.1, 0.15) is 15.9 Å². The number of para-hydroxylation sites is 1. The van der Waals surface area contributed by atoms with E-state index in [1.807, 2.05) is 72.8 Å². The Morgan fingerprint density at radius 3 is 2.19 bits per heavy atom. The number of thioether (sulfide) groups is 1. The number of ether oxygens (including phenoxy) is 1. The number of amides is 1. The fourth-order valence-electron chi connectivity index (χ4n) is 2.39. The van der Waals surface area contributed by atoms with Crippen LogP contribution in [0, 0.1) is 0 Å². The van der Waals surface area contributed by atoms with E-state index in [1.165, 1.54) is 10.5 Å². The molecule has 3 nitrogen and oxygen atoms in total. The van der Waals surface area contributed by atoms with Crippen LogP contribution in [-0.4, -0.2) is 19.1 Å². The Morgan fingerprint density at radius 2 is 1.50 bits per heavy atom. The SMILES string of the molecule is O=C(NCCOc1ccccc1)c1ccc(CSc2ccccc2)cc1. The van der Waals surface area contributed by atoms with E-state index in [0.717, 1.165) is 11.5 Å². The highest BCUT2D eigenvalue weighted by molar-refractivity contribution is 7.98. The fourth-order valence-corrected chi connectivity index (χ4v) is 3.26. The van der Waals surface area contributed by atoms with Gasteiger partial charge in [-0.3, -0.25) is 4.79 Å². The lowest BCUT2D eigenvalue weighted by molar-refractivity contribution is 0.0947. The number of carbonyl (C=O) groups is 1. The summed E-state index contributed by atoms with van der Waals surface area (Å²) in [4.78, 5) is 13.4. The van der Waals surface area contributed by atoms with Gasteiger partial charge in [0.2, 0.25) is 0 Å². The van der Waals surface area contributed by atoms with Gasteiger partial charge < -0.3 is 10.1 Å². The van der Waals surface area contributed by atoms with Crippen molar-refractivity contribution >= 4 is 17.7 Å². The van der Waals surface area contributed by atoms with Gasteiger partial charge in [0.1, 0.15) is 12.4 Å². The minimum atomic E-state index is -0.0797. The minimum Gasteiger partial charge on any atom is -0.492 e. The molecule has 26 heavy (non-hydrogen) atoms. The van der Waals surface area contributed by atoms with E-state index >= 15 is 0 Å². The van der Waals surface area contributed by atoms with Crippen molar-refractivity contribution in [1.29, 1.82) is 0 Å². The van der Waals surface area contributed by atoms with Crippen molar-refractivity contribution in [3.8, 4) is 5.75 Å². The van der Waals surface area contributed by atoms with E-state index in [-0.39, 0.29) is 5.91 Å². The number of hydrogen-bond acceptors (Lipinski definition) is 3. The third-order valence-electron chi connectivity index (χ3n) is 3.76. The molecule has 0 atom stereocenters. The summed E-state index contributed by atoms with van der Waals surface area (Å²) in [5.74, 6) is 1.61. The number of carbonyl (C=O) groups excluding carboxylic acids is 1. The first-order chi connectivity index (χ1) is 12.8. The number of rotatable bonds is 8. The zero-order chi connectivity index (χ0) is 18.0. The first-order valence-corrected chi connectivity index (χ1v) is 9.53. The molecule has 0 heterocycles. The van der Waals surface area contributed by atoms with Crippen LogP contribution < -0.4 is 10.1 Å². The summed E-state index contributed by atoms with van der Waals surface area (Å²) in [6.07, 6.45) is 0. The lowest BCUT2D eigenvalue weighted by Gasteiger charge is -2.08. The fraction of sp³-hybridized carbons (Fsp3) is 0.136. The Kier molecular flexibility index (Phi) is 6.73. The summed E-state index contributed by atoms with van der Waals surface area (Å²) in [5, 5.41) is 2.88. The molecule has 0 unspecified atom stereocenters. The summed E-state index contributed by atoms with van der Waals surface area (Å²) in [6, 6.07) is 27.6. The second kappa shape index (κ2) is 9.68. The van der Waals surface area contributed by atoms with Crippen LogP contribution in [0.25, 0.3) is 0 Å². The van der Waals surface area contributed by atoms with Gasteiger partial charge in [0.05, 0.1) is 6.54 Å². The second-order valence-corrected chi connectivity index (χ2v) is 6.76. The molecule has 3 rings (SSSR count). The van der Waals surface area contributed by atoms with Crippen LogP contribution >= 0.6 is 11.8 Å². The number of benzene rings is 3. The molecule has 0 saturated heterocycles. The summed E-state index contributed by atoms with van der Waals surface area (Å²) in [5.41, 5.74) is 1.86. The third-order valence-corrected chi connectivity index (χ3v) is 4.85. The van der Waals surface area contributed by atoms with Gasteiger partial charge in [-0.25, -0.2) is 0 Å². The molecule has 0 fully saturated rings. The van der Waals surface area contributed by atoms with Gasteiger partial charge in [0.25, 0.3) is 5.91 Å². The summed E-state index contributed by atoms with van der Waals surface area (Å²) < 4.78 is 5.57. The van der Waals surface area contributed by atoms with Crippen molar-refractivity contribution in [1.82, 2.24) is 5.32 Å². The number of hydrogen-bond donors (Lipinski definition) is 1. The molecule has 132 valence electrons. The topological polar surface area (TPSA) is 38.3 Å². The summed E-state index contributed by atoms with van der Waals surface area (Å²) in [7, 11) is 0. The monoisotopic (exact) mass is 363 g/mol. The molecule has 0 bridgehead atoms. The van der Waals surface area contributed by atoms with E-state index in [0.29, 0.717) is 18.7 Å². The maximum absolute atomic E-state index is 12.2. The molecule has 0 aromatic heterocycles. The Balaban J connectivity index is 1.41. The van der Waals surface area contributed by atoms with Crippen LogP contribution in [0.5, 0.6) is 5.75 Å². The van der Waals surface area contributed by atoms with Gasteiger partial charge in [-0.2, -0.15) is 0 Å². The largest absolute Gasteiger partial charge is 0.492 e. The summed E-state index contributed by atoms with van der Waals surface area (Å²) >= 11 is 1.79. The third kappa shape index (κ3) is 5.67. The van der Waals surface area contributed by atoms with E-state index in [2.05, 4.69) is 17.4 Å². The van der Waals surface area contributed by atoms with Crippen LogP contribution in [-0.2, 0) is 5.75 Å². The zero-order valence-electron chi connectivity index (χ0n) is 14.4. The minimum absolute atomic E-state index is 0.0797. The quantitative estimate of drug-likeness (QED) is 0.462. The molecule has 0 radical (unpaired) electrons. The van der Waals surface area contributed by atoms with Crippen molar-refractivity contribution in [2.24, 2.45) is 0 Å². The summed E-state index contributed by atoms with van der Waals surface area (Å²) in [6.45, 7) is 0.918. The standard InChI is InChI=1S/C22H21NO2S/c24-22(23-15-16-25-20-7-3-1-4-8-20)19-13-11-18(12-14-19)17-26-21-9-5-2-6-10-21/h1-14H,15-17H2,(H,23,24). The van der Waals surface area contributed by atoms with Crippen LogP contribution in [0.3, 0.4) is 0 Å². The van der Waals surface area contributed by atoms with Gasteiger partial charge >= 0.3 is 0 Å². The van der Waals surface area contributed by atoms with E-state index in [9.17, 15) is 4.79 Å². The average molecular weight is 363 g/mol. The van der Waals surface area contributed by atoms with Gasteiger partial charge in [-0.05, 0) is 42.0 Å². The second-order valence-electron chi connectivity index (χ2n) is 5.72. The van der Waals surface area contributed by atoms with Crippen LogP contribution in [0.2, 0.25) is 0 Å². The molecule has 1 amide bonds. The Hall–Kier alpha value is -2.72. The Labute approximate surface area is 158 Å². The highest BCUT2D eigenvalue weighted by Gasteiger charge is 2.05. The molecule has 0 aliphatic heterocycles. The molecule has 0 aliphatic rings. The predicted octanol–water partition coefficient (Wildman–Crippen LogP) is 4.79. The maximum atomic E-state index is 12.2. The molecular formula is C22H21NO2S. The molecule has 3 aromatic rings. The van der Waals surface area contributed by atoms with E-state index < -0.39 is 0 Å². The molecule has 1 N–H and O–H groups in total. The first-order valence-electron chi connectivity index (χ1n) is 8.54. The molecule has 0 spiro atoms. The van der Waals surface area contributed by atoms with Gasteiger partial charge in [-0.1, -0.05) is 48.5 Å². The van der Waals surface area contributed by atoms with E-state index in [1.54, 1.807) is 11.8 Å². The van der Waals surface area contributed by atoms with Crippen molar-refractivity contribution in [2.75, 3.05) is 13.2 Å². The van der Waals surface area contributed by atoms with Crippen molar-refractivity contribution in [2.45, 2.75) is 10.6 Å². The van der Waals surface area contributed by atoms with Crippen LogP contribution in [0.15, 0.2) is 89.8 Å². The Morgan fingerprint density at radius 1 is 0.846 bits per heavy atom. The molecule has 4 heteroatoms. The van der Waals surface area contributed by atoms with Gasteiger partial charge in [-0.15, -0.1) is 11.8 Å². The highest BCUT2D eigenvalue weighted by atomic mass is 32.2. The zero-order valence-corrected chi connectivity index (χ0v) is 15.2. The van der Waals surface area contributed by atoms with Gasteiger partial charge in [0.15, 0.2) is 0 Å². The molecule has 0 saturated carbocycles. The van der Waals surface area contributed by atoms with Crippen molar-refractivity contribution in [3.63, 3.8) is 0 Å². The first kappa shape index (κ1) is 18.1. The molecule has 3 aromatic carbocycles. The molecular weight excluding hydrogens is 342 g/mol. The maximum Gasteiger partial charge on any atom is 0.251 e. The van der Waals surface area contributed by atoms with Gasteiger partial charge in [0, 0.05) is 16.2 Å². The highest BCUT2D eigenvalue weighted by Crippen LogP contribution is 2.22. The Bertz CT molecular complexity index is 805. The molecule has 0 aliphatic carbocycles. The average Bonchev–Trinajstić information content (AvgIpc) is 2.71. The lowest BCUT2D eigenvalue weighted by Crippen LogP contribution is -2.28. The van der Waals surface area contributed by atoms with Crippen molar-refractivity contribution < 1.29 is 9.53 Å². The lowest BCUT2D eigenvalue weighted by atomic mass is 10.1. The van der Waals surface area contributed by atoms with Crippen molar-refractivity contribution in [3.05, 3.63) is 96.1 Å². The number of nitrogens with one attached hydrogen (secondary N) is 1.